The van der Waals surface area contributed by atoms with E-state index in [4.69, 9.17) is 0 Å². The number of Topliss-reactive ketones (excluding diaryl/α,β-unsaturated/α-hetero) is 1. The monoisotopic (exact) mass is 217 g/mol. The Morgan fingerprint density at radius 1 is 1.25 bits per heavy atom. The Labute approximate surface area is 95.2 Å². The van der Waals surface area contributed by atoms with Gasteiger partial charge in [-0.15, -0.1) is 0 Å². The van der Waals surface area contributed by atoms with Gasteiger partial charge in [-0.05, 0) is 50.1 Å². The fourth-order valence-electron chi connectivity index (χ4n) is 1.78. The van der Waals surface area contributed by atoms with Gasteiger partial charge in [0.2, 0.25) is 5.91 Å². The van der Waals surface area contributed by atoms with Crippen LogP contribution in [0.3, 0.4) is 0 Å². The predicted molar refractivity (Wildman–Crippen MR) is 64.7 cm³/mol. The molecule has 0 fully saturated rings. The second-order valence-electron chi connectivity index (χ2n) is 3.73. The minimum atomic E-state index is -0.255. The summed E-state index contributed by atoms with van der Waals surface area (Å²) in [6, 6.07) is 3.57. The molecule has 0 bridgehead atoms. The second-order valence-corrected chi connectivity index (χ2v) is 3.73. The summed E-state index contributed by atoms with van der Waals surface area (Å²) in [7, 11) is 0. The number of rotatable bonds is 3. The molecule has 3 heteroatoms. The molecule has 0 aliphatic rings. The lowest BCUT2D eigenvalue weighted by Gasteiger charge is -2.10. The molecule has 0 aliphatic carbocycles. The van der Waals surface area contributed by atoms with Crippen LogP contribution >= 0.6 is 0 Å². The highest BCUT2D eigenvalue weighted by atomic mass is 16.1. The molecule has 1 aromatic rings. The molecule has 0 saturated carbocycles. The molecule has 0 unspecified atom stereocenters. The highest BCUT2D eigenvalue weighted by Gasteiger charge is 2.09. The topological polar surface area (TPSA) is 46.2 Å². The van der Waals surface area contributed by atoms with E-state index in [0.717, 1.165) is 16.7 Å². The fraction of sp³-hybridized carbons (Fsp3) is 0.231. The van der Waals surface area contributed by atoms with Crippen LogP contribution in [0.25, 0.3) is 0 Å². The Morgan fingerprint density at radius 3 is 2.12 bits per heavy atom. The van der Waals surface area contributed by atoms with Crippen LogP contribution in [0.15, 0.2) is 24.8 Å². The van der Waals surface area contributed by atoms with Crippen molar-refractivity contribution in [2.45, 2.75) is 20.8 Å². The van der Waals surface area contributed by atoms with Crippen LogP contribution < -0.4 is 5.32 Å². The first-order valence-corrected chi connectivity index (χ1v) is 5.01. The number of carbonyl (C=O) groups excluding carboxylic acids is 2. The van der Waals surface area contributed by atoms with Gasteiger partial charge in [0, 0.05) is 11.3 Å². The van der Waals surface area contributed by atoms with Crippen molar-refractivity contribution in [3.8, 4) is 0 Å². The maximum absolute atomic E-state index is 11.4. The van der Waals surface area contributed by atoms with Crippen molar-refractivity contribution in [1.82, 2.24) is 0 Å². The zero-order chi connectivity index (χ0) is 12.3. The summed E-state index contributed by atoms with van der Waals surface area (Å²) >= 11 is 0. The summed E-state index contributed by atoms with van der Waals surface area (Å²) in [4.78, 5) is 22.5. The van der Waals surface area contributed by atoms with Crippen molar-refractivity contribution in [3.63, 3.8) is 0 Å². The lowest BCUT2D eigenvalue weighted by atomic mass is 9.99. The first kappa shape index (κ1) is 12.2. The van der Waals surface area contributed by atoms with Crippen LogP contribution in [0.4, 0.5) is 5.69 Å². The summed E-state index contributed by atoms with van der Waals surface area (Å²) < 4.78 is 0. The largest absolute Gasteiger partial charge is 0.323 e. The van der Waals surface area contributed by atoms with Gasteiger partial charge < -0.3 is 5.32 Å². The third-order valence-corrected chi connectivity index (χ3v) is 2.34. The Hall–Kier alpha value is -1.90. The summed E-state index contributed by atoms with van der Waals surface area (Å²) in [5.41, 5.74) is 3.14. The number of aryl methyl sites for hydroxylation is 2. The average Bonchev–Trinajstić information content (AvgIpc) is 2.15. The average molecular weight is 217 g/mol. The minimum Gasteiger partial charge on any atom is -0.323 e. The Kier molecular flexibility index (Phi) is 3.61. The van der Waals surface area contributed by atoms with Crippen molar-refractivity contribution in [2.24, 2.45) is 0 Å². The summed E-state index contributed by atoms with van der Waals surface area (Å²) in [5, 5.41) is 2.67. The molecule has 1 rings (SSSR count). The normalized spacial score (nSPS) is 9.69. The lowest BCUT2D eigenvalue weighted by molar-refractivity contribution is -0.111. The summed E-state index contributed by atoms with van der Waals surface area (Å²) in [5.74, 6) is -0.217. The molecule has 0 heterocycles. The van der Waals surface area contributed by atoms with E-state index in [0.29, 0.717) is 5.69 Å². The van der Waals surface area contributed by atoms with Crippen LogP contribution in [0.5, 0.6) is 0 Å². The first-order valence-electron chi connectivity index (χ1n) is 5.01. The fourth-order valence-corrected chi connectivity index (χ4v) is 1.78. The second kappa shape index (κ2) is 4.75. The predicted octanol–water partition coefficient (Wildman–Crippen LogP) is 2.63. The molecule has 0 atom stereocenters. The number of ketones is 1. The van der Waals surface area contributed by atoms with E-state index < -0.39 is 0 Å². The molecular weight excluding hydrogens is 202 g/mol. The molecule has 0 saturated heterocycles. The van der Waals surface area contributed by atoms with E-state index in [2.05, 4.69) is 11.9 Å². The van der Waals surface area contributed by atoms with E-state index in [9.17, 15) is 9.59 Å². The molecule has 0 spiro atoms. The third-order valence-electron chi connectivity index (χ3n) is 2.34. The first-order chi connectivity index (χ1) is 7.45. The third kappa shape index (κ3) is 2.57. The van der Waals surface area contributed by atoms with Crippen molar-refractivity contribution >= 4 is 17.4 Å². The SMILES string of the molecule is C=CC(=O)Nc1cc(C)c(C(C)=O)c(C)c1. The van der Waals surface area contributed by atoms with Crippen molar-refractivity contribution in [2.75, 3.05) is 5.32 Å². The van der Waals surface area contributed by atoms with E-state index in [1.54, 1.807) is 12.1 Å². The number of hydrogen-bond acceptors (Lipinski definition) is 2. The Morgan fingerprint density at radius 2 is 1.75 bits per heavy atom. The van der Waals surface area contributed by atoms with Gasteiger partial charge in [-0.1, -0.05) is 6.58 Å². The van der Waals surface area contributed by atoms with Crippen LogP contribution in [0.2, 0.25) is 0 Å². The van der Waals surface area contributed by atoms with Gasteiger partial charge in [0.1, 0.15) is 0 Å². The molecule has 1 N–H and O–H groups in total. The molecule has 1 amide bonds. The van der Waals surface area contributed by atoms with Gasteiger partial charge in [-0.3, -0.25) is 9.59 Å². The molecule has 0 radical (unpaired) electrons. The smallest absolute Gasteiger partial charge is 0.247 e. The molecule has 1 aromatic carbocycles. The number of nitrogens with one attached hydrogen (secondary N) is 1. The maximum Gasteiger partial charge on any atom is 0.247 e. The van der Waals surface area contributed by atoms with Gasteiger partial charge in [0.05, 0.1) is 0 Å². The highest BCUT2D eigenvalue weighted by molar-refractivity contribution is 6.01. The van der Waals surface area contributed by atoms with Gasteiger partial charge in [-0.25, -0.2) is 0 Å². The standard InChI is InChI=1S/C13H15NO2/c1-5-12(16)14-11-6-8(2)13(10(4)15)9(3)7-11/h5-7H,1H2,2-4H3,(H,14,16). The van der Waals surface area contributed by atoms with Crippen LogP contribution in [-0.2, 0) is 4.79 Å². The summed E-state index contributed by atoms with van der Waals surface area (Å²) in [6.07, 6.45) is 1.21. The van der Waals surface area contributed by atoms with Crippen molar-refractivity contribution < 1.29 is 9.59 Å². The molecule has 16 heavy (non-hydrogen) atoms. The van der Waals surface area contributed by atoms with E-state index in [-0.39, 0.29) is 11.7 Å². The number of benzene rings is 1. The minimum absolute atomic E-state index is 0.0385. The lowest BCUT2D eigenvalue weighted by Crippen LogP contribution is -2.09. The Balaban J connectivity index is 3.14. The van der Waals surface area contributed by atoms with Crippen molar-refractivity contribution in [3.05, 3.63) is 41.5 Å². The van der Waals surface area contributed by atoms with Gasteiger partial charge in [-0.2, -0.15) is 0 Å². The van der Waals surface area contributed by atoms with Crippen molar-refractivity contribution in [1.29, 1.82) is 0 Å². The van der Waals surface area contributed by atoms with E-state index in [1.165, 1.54) is 13.0 Å². The quantitative estimate of drug-likeness (QED) is 0.625. The van der Waals surface area contributed by atoms with Gasteiger partial charge >= 0.3 is 0 Å². The Bertz CT molecular complexity index is 438. The van der Waals surface area contributed by atoms with Crippen LogP contribution in [0.1, 0.15) is 28.4 Å². The van der Waals surface area contributed by atoms with Crippen LogP contribution in [0, 0.1) is 13.8 Å². The zero-order valence-corrected chi connectivity index (χ0v) is 9.76. The molecular formula is C13H15NO2. The van der Waals surface area contributed by atoms with Gasteiger partial charge in [0.25, 0.3) is 0 Å². The van der Waals surface area contributed by atoms with Crippen LogP contribution in [-0.4, -0.2) is 11.7 Å². The number of hydrogen-bond donors (Lipinski definition) is 1. The number of amides is 1. The zero-order valence-electron chi connectivity index (χ0n) is 9.76. The molecule has 84 valence electrons. The molecule has 0 aliphatic heterocycles. The molecule has 3 nitrogen and oxygen atoms in total. The number of carbonyl (C=O) groups is 2. The van der Waals surface area contributed by atoms with Gasteiger partial charge in [0.15, 0.2) is 5.78 Å². The maximum atomic E-state index is 11.4. The number of anilines is 1. The molecule has 0 aromatic heterocycles. The van der Waals surface area contributed by atoms with E-state index in [1.807, 2.05) is 13.8 Å². The van der Waals surface area contributed by atoms with E-state index >= 15 is 0 Å². The summed E-state index contributed by atoms with van der Waals surface area (Å²) in [6.45, 7) is 8.63. The highest BCUT2D eigenvalue weighted by Crippen LogP contribution is 2.20.